The predicted molar refractivity (Wildman–Crippen MR) is 93.8 cm³/mol. The van der Waals surface area contributed by atoms with Crippen LogP contribution in [0.5, 0.6) is 5.75 Å². The number of anilines is 1. The van der Waals surface area contributed by atoms with Crippen LogP contribution < -0.4 is 9.64 Å². The average Bonchev–Trinajstić information content (AvgIpc) is 3.03. The quantitative estimate of drug-likeness (QED) is 0.557. The summed E-state index contributed by atoms with van der Waals surface area (Å²) in [5, 5.41) is 0. The van der Waals surface area contributed by atoms with Crippen molar-refractivity contribution < 1.29 is 27.0 Å². The maximum atomic E-state index is 14.1. The van der Waals surface area contributed by atoms with Crippen molar-refractivity contribution in [1.29, 1.82) is 0 Å². The Kier molecular flexibility index (Phi) is 5.30. The van der Waals surface area contributed by atoms with Gasteiger partial charge in [-0.05, 0) is 43.3 Å². The molecule has 3 nitrogen and oxygen atoms in total. The van der Waals surface area contributed by atoms with Crippen LogP contribution in [0.2, 0.25) is 0 Å². The second-order valence-electron chi connectivity index (χ2n) is 6.17. The number of hydrogen-bond donors (Lipinski definition) is 0. The standard InChI is InChI=1S/C20H19F4NO2/c1-3-20(23,24)15-5-4-6-16(11-15)25-13(2)12-26-18(25)14-7-9-17(10-8-14)27-19(21)22/h4-12,18-19H,3H2,1-2H3. The number of alkyl halides is 4. The van der Waals surface area contributed by atoms with Crippen LogP contribution in [-0.2, 0) is 10.7 Å². The highest BCUT2D eigenvalue weighted by atomic mass is 19.3. The molecule has 0 bridgehead atoms. The molecular weight excluding hydrogens is 362 g/mol. The SMILES string of the molecule is CCC(F)(F)c1cccc(N2C(C)=COC2c2ccc(OC(F)F)cc2)c1. The van der Waals surface area contributed by atoms with Crippen molar-refractivity contribution in [3.05, 3.63) is 71.6 Å². The Labute approximate surface area is 154 Å². The molecule has 0 aromatic heterocycles. The lowest BCUT2D eigenvalue weighted by Gasteiger charge is -2.28. The van der Waals surface area contributed by atoms with Crippen LogP contribution in [0.15, 0.2) is 60.5 Å². The Morgan fingerprint density at radius 3 is 2.48 bits per heavy atom. The molecule has 0 fully saturated rings. The van der Waals surface area contributed by atoms with Gasteiger partial charge in [0.25, 0.3) is 5.92 Å². The molecule has 27 heavy (non-hydrogen) atoms. The summed E-state index contributed by atoms with van der Waals surface area (Å²) < 4.78 is 62.8. The summed E-state index contributed by atoms with van der Waals surface area (Å²) in [6.07, 6.45) is 0.659. The van der Waals surface area contributed by atoms with Crippen LogP contribution in [-0.4, -0.2) is 6.61 Å². The highest BCUT2D eigenvalue weighted by Gasteiger charge is 2.32. The van der Waals surface area contributed by atoms with E-state index >= 15 is 0 Å². The lowest BCUT2D eigenvalue weighted by atomic mass is 10.0. The lowest BCUT2D eigenvalue weighted by molar-refractivity contribution is -0.0498. The fourth-order valence-corrected chi connectivity index (χ4v) is 2.93. The topological polar surface area (TPSA) is 21.7 Å². The van der Waals surface area contributed by atoms with Crippen molar-refractivity contribution >= 4 is 5.69 Å². The Hall–Kier alpha value is -2.70. The van der Waals surface area contributed by atoms with E-state index in [0.29, 0.717) is 11.3 Å². The Morgan fingerprint density at radius 1 is 1.15 bits per heavy atom. The number of hydrogen-bond acceptors (Lipinski definition) is 3. The molecule has 0 aliphatic carbocycles. The van der Waals surface area contributed by atoms with Crippen molar-refractivity contribution in [2.45, 2.75) is 39.0 Å². The van der Waals surface area contributed by atoms with Crippen molar-refractivity contribution in [3.8, 4) is 5.75 Å². The number of ether oxygens (including phenoxy) is 2. The maximum absolute atomic E-state index is 14.1. The number of allylic oxidation sites excluding steroid dienone is 1. The molecule has 1 atom stereocenters. The van der Waals surface area contributed by atoms with Gasteiger partial charge in [-0.1, -0.05) is 19.1 Å². The third-order valence-electron chi connectivity index (χ3n) is 4.36. The van der Waals surface area contributed by atoms with Crippen molar-refractivity contribution in [1.82, 2.24) is 0 Å². The summed E-state index contributed by atoms with van der Waals surface area (Å²) in [5.74, 6) is -2.88. The van der Waals surface area contributed by atoms with Crippen LogP contribution in [0.3, 0.4) is 0 Å². The minimum Gasteiger partial charge on any atom is -0.472 e. The fourth-order valence-electron chi connectivity index (χ4n) is 2.93. The van der Waals surface area contributed by atoms with Crippen LogP contribution in [0.25, 0.3) is 0 Å². The summed E-state index contributed by atoms with van der Waals surface area (Å²) in [7, 11) is 0. The summed E-state index contributed by atoms with van der Waals surface area (Å²) in [4.78, 5) is 1.78. The third-order valence-corrected chi connectivity index (χ3v) is 4.36. The molecule has 0 radical (unpaired) electrons. The molecule has 7 heteroatoms. The van der Waals surface area contributed by atoms with E-state index in [1.165, 1.54) is 31.2 Å². The number of rotatable bonds is 6. The molecule has 0 N–H and O–H groups in total. The van der Waals surface area contributed by atoms with E-state index in [9.17, 15) is 17.6 Å². The van der Waals surface area contributed by atoms with Crippen LogP contribution in [0.1, 0.15) is 37.6 Å². The van der Waals surface area contributed by atoms with E-state index in [1.807, 2.05) is 0 Å². The molecule has 0 amide bonds. The van der Waals surface area contributed by atoms with Crippen molar-refractivity contribution in [3.63, 3.8) is 0 Å². The Bertz CT molecular complexity index is 821. The predicted octanol–water partition coefficient (Wildman–Crippen LogP) is 6.19. The molecule has 1 aliphatic heterocycles. The fraction of sp³-hybridized carbons (Fsp3) is 0.300. The minimum atomic E-state index is -2.92. The van der Waals surface area contributed by atoms with Crippen molar-refractivity contribution in [2.24, 2.45) is 0 Å². The van der Waals surface area contributed by atoms with E-state index in [1.54, 1.807) is 42.4 Å². The second kappa shape index (κ2) is 7.50. The van der Waals surface area contributed by atoms with Crippen molar-refractivity contribution in [2.75, 3.05) is 4.90 Å². The molecule has 2 aromatic carbocycles. The van der Waals surface area contributed by atoms with E-state index in [4.69, 9.17) is 4.74 Å². The van der Waals surface area contributed by atoms with Gasteiger partial charge in [0, 0.05) is 23.2 Å². The first-order valence-electron chi connectivity index (χ1n) is 8.46. The van der Waals surface area contributed by atoms with Gasteiger partial charge in [0.15, 0.2) is 0 Å². The molecule has 1 aliphatic rings. The van der Waals surface area contributed by atoms with Gasteiger partial charge in [-0.2, -0.15) is 8.78 Å². The summed E-state index contributed by atoms with van der Waals surface area (Å²) in [6, 6.07) is 12.2. The molecule has 0 saturated carbocycles. The number of benzene rings is 2. The van der Waals surface area contributed by atoms with Gasteiger partial charge < -0.3 is 14.4 Å². The molecule has 1 unspecified atom stereocenters. The van der Waals surface area contributed by atoms with E-state index in [-0.39, 0.29) is 17.7 Å². The number of nitrogens with zero attached hydrogens (tertiary/aromatic N) is 1. The third kappa shape index (κ3) is 4.02. The highest BCUT2D eigenvalue weighted by molar-refractivity contribution is 5.57. The van der Waals surface area contributed by atoms with Crippen LogP contribution in [0.4, 0.5) is 23.2 Å². The zero-order valence-corrected chi connectivity index (χ0v) is 14.8. The smallest absolute Gasteiger partial charge is 0.387 e. The first-order valence-corrected chi connectivity index (χ1v) is 8.46. The Balaban J connectivity index is 1.90. The summed E-state index contributed by atoms with van der Waals surface area (Å²) in [6.45, 7) is 0.337. The monoisotopic (exact) mass is 381 g/mol. The minimum absolute atomic E-state index is 0.0348. The highest BCUT2D eigenvalue weighted by Crippen LogP contribution is 2.40. The van der Waals surface area contributed by atoms with Gasteiger partial charge in [0.1, 0.15) is 12.0 Å². The molecule has 1 heterocycles. The maximum Gasteiger partial charge on any atom is 0.387 e. The van der Waals surface area contributed by atoms with Gasteiger partial charge in [-0.25, -0.2) is 8.78 Å². The molecule has 0 spiro atoms. The summed E-state index contributed by atoms with van der Waals surface area (Å²) in [5.41, 5.74) is 1.91. The molecule has 0 saturated heterocycles. The first kappa shape index (κ1) is 19.1. The Morgan fingerprint density at radius 2 is 1.85 bits per heavy atom. The lowest BCUT2D eigenvalue weighted by Crippen LogP contribution is -2.23. The number of halogens is 4. The van der Waals surface area contributed by atoms with Gasteiger partial charge in [0.05, 0.1) is 5.70 Å². The van der Waals surface area contributed by atoms with Crippen LogP contribution >= 0.6 is 0 Å². The average molecular weight is 381 g/mol. The van der Waals surface area contributed by atoms with Gasteiger partial charge in [-0.3, -0.25) is 0 Å². The van der Waals surface area contributed by atoms with E-state index < -0.39 is 18.8 Å². The van der Waals surface area contributed by atoms with Crippen LogP contribution in [0, 0.1) is 0 Å². The van der Waals surface area contributed by atoms with Gasteiger partial charge >= 0.3 is 6.61 Å². The second-order valence-corrected chi connectivity index (χ2v) is 6.17. The van der Waals surface area contributed by atoms with E-state index in [0.717, 1.165) is 5.70 Å². The summed E-state index contributed by atoms with van der Waals surface area (Å²) >= 11 is 0. The molecular formula is C20H19F4NO2. The molecule has 144 valence electrons. The molecule has 2 aromatic rings. The molecule has 3 rings (SSSR count). The zero-order chi connectivity index (χ0) is 19.6. The largest absolute Gasteiger partial charge is 0.472 e. The first-order chi connectivity index (χ1) is 12.8. The van der Waals surface area contributed by atoms with Gasteiger partial charge in [0.2, 0.25) is 6.23 Å². The van der Waals surface area contributed by atoms with Gasteiger partial charge in [-0.15, -0.1) is 0 Å². The van der Waals surface area contributed by atoms with E-state index in [2.05, 4.69) is 4.74 Å². The normalized spacial score (nSPS) is 17.1. The zero-order valence-electron chi connectivity index (χ0n) is 14.8.